The number of nitro groups is 1. The van der Waals surface area contributed by atoms with Gasteiger partial charge in [0.1, 0.15) is 6.54 Å². The summed E-state index contributed by atoms with van der Waals surface area (Å²) in [5.41, 5.74) is 0.388. The second-order valence-corrected chi connectivity index (χ2v) is 4.04. The third-order valence-electron chi connectivity index (χ3n) is 2.02. The molecule has 0 aliphatic rings. The molecular formula is C8H11ClN4O3S. The molecule has 1 heterocycles. The van der Waals surface area contributed by atoms with Gasteiger partial charge in [0.25, 0.3) is 0 Å². The summed E-state index contributed by atoms with van der Waals surface area (Å²) < 4.78 is 1.20. The summed E-state index contributed by atoms with van der Waals surface area (Å²) in [5.74, 6) is -0.215. The fraction of sp³-hybridized carbons (Fsp3) is 0.500. The minimum atomic E-state index is -0.683. The lowest BCUT2D eigenvalue weighted by Gasteiger charge is -2.01. The summed E-state index contributed by atoms with van der Waals surface area (Å²) in [6.45, 7) is 1.89. The largest absolute Gasteiger partial charge is 0.408 e. The van der Waals surface area contributed by atoms with Crippen molar-refractivity contribution < 1.29 is 9.72 Å². The van der Waals surface area contributed by atoms with Crippen LogP contribution in [0.3, 0.4) is 0 Å². The Labute approximate surface area is 108 Å². The topological polar surface area (TPSA) is 90.1 Å². The first-order valence-electron chi connectivity index (χ1n) is 4.72. The quantitative estimate of drug-likeness (QED) is 0.473. The highest BCUT2D eigenvalue weighted by Gasteiger charge is 2.24. The number of carbonyl (C=O) groups is 1. The average molecular weight is 279 g/mol. The van der Waals surface area contributed by atoms with Crippen LogP contribution in [0.15, 0.2) is 0 Å². The molecule has 17 heavy (non-hydrogen) atoms. The van der Waals surface area contributed by atoms with Crippen LogP contribution in [0.5, 0.6) is 0 Å². The zero-order valence-corrected chi connectivity index (χ0v) is 10.7. The Kier molecular flexibility index (Phi) is 4.76. The van der Waals surface area contributed by atoms with Gasteiger partial charge in [0.05, 0.1) is 10.8 Å². The predicted octanol–water partition coefficient (Wildman–Crippen LogP) is 0.799. The van der Waals surface area contributed by atoms with Gasteiger partial charge in [0, 0.05) is 12.3 Å². The predicted molar refractivity (Wildman–Crippen MR) is 65.5 cm³/mol. The molecule has 94 valence electrons. The molecule has 1 rings (SSSR count). The van der Waals surface area contributed by atoms with Gasteiger partial charge in [-0.05, 0) is 11.8 Å². The molecule has 0 spiro atoms. The molecule has 0 unspecified atom stereocenters. The molecule has 7 nitrogen and oxygen atoms in total. The number of nitrogens with one attached hydrogen (secondary N) is 1. The maximum atomic E-state index is 11.4. The van der Waals surface area contributed by atoms with E-state index in [1.165, 1.54) is 4.68 Å². The zero-order chi connectivity index (χ0) is 13.0. The monoisotopic (exact) mass is 278 g/mol. The number of hydrogen-bond acceptors (Lipinski definition) is 5. The van der Waals surface area contributed by atoms with E-state index in [2.05, 4.69) is 23.0 Å². The molecule has 9 heteroatoms. The van der Waals surface area contributed by atoms with Gasteiger partial charge in [-0.2, -0.15) is 17.3 Å². The van der Waals surface area contributed by atoms with Gasteiger partial charge < -0.3 is 15.4 Å². The molecule has 0 saturated carbocycles. The summed E-state index contributed by atoms with van der Waals surface area (Å²) in [6.07, 6.45) is 0. The lowest BCUT2D eigenvalue weighted by Crippen LogP contribution is -2.29. The van der Waals surface area contributed by atoms with Crippen LogP contribution in [0.2, 0.25) is 5.02 Å². The maximum Gasteiger partial charge on any atom is 0.408 e. The molecule has 0 radical (unpaired) electrons. The first-order valence-corrected chi connectivity index (χ1v) is 5.73. The van der Waals surface area contributed by atoms with Crippen LogP contribution in [0.25, 0.3) is 0 Å². The summed E-state index contributed by atoms with van der Waals surface area (Å²) in [7, 11) is 0. The number of amides is 1. The van der Waals surface area contributed by atoms with E-state index in [0.717, 1.165) is 0 Å². The molecule has 0 aliphatic carbocycles. The molecule has 1 aromatic heterocycles. The standard InChI is InChI=1S/C8H11ClN4O3S/c1-5-7(9)8(13(15)16)11-12(5)4-6(14)10-2-3-17/h17H,2-4H2,1H3,(H,10,14). The Morgan fingerprint density at radius 1 is 1.71 bits per heavy atom. The Hall–Kier alpha value is -1.28. The molecule has 0 aliphatic heterocycles. The molecule has 0 saturated heterocycles. The number of nitrogens with zero attached hydrogens (tertiary/aromatic N) is 3. The van der Waals surface area contributed by atoms with E-state index >= 15 is 0 Å². The van der Waals surface area contributed by atoms with Gasteiger partial charge in [0.15, 0.2) is 5.02 Å². The van der Waals surface area contributed by atoms with E-state index in [4.69, 9.17) is 11.6 Å². The molecule has 0 bridgehead atoms. The molecule has 0 aromatic carbocycles. The third-order valence-corrected chi connectivity index (χ3v) is 2.68. The molecule has 1 aromatic rings. The zero-order valence-electron chi connectivity index (χ0n) is 9.01. The minimum Gasteiger partial charge on any atom is -0.358 e. The van der Waals surface area contributed by atoms with Crippen molar-refractivity contribution in [2.24, 2.45) is 0 Å². The second kappa shape index (κ2) is 5.87. The van der Waals surface area contributed by atoms with Gasteiger partial charge >= 0.3 is 5.82 Å². The van der Waals surface area contributed by atoms with Crippen molar-refractivity contribution in [1.82, 2.24) is 15.1 Å². The van der Waals surface area contributed by atoms with Gasteiger partial charge in [-0.3, -0.25) is 4.79 Å². The Bertz CT molecular complexity index is 448. The summed E-state index contributed by atoms with van der Waals surface area (Å²) in [4.78, 5) is 21.3. The number of carbonyl (C=O) groups excluding carboxylic acids is 1. The van der Waals surface area contributed by atoms with E-state index in [9.17, 15) is 14.9 Å². The average Bonchev–Trinajstić information content (AvgIpc) is 2.55. The Balaban J connectivity index is 2.82. The van der Waals surface area contributed by atoms with Gasteiger partial charge in [0.2, 0.25) is 5.91 Å². The highest BCUT2D eigenvalue weighted by Crippen LogP contribution is 2.26. The van der Waals surface area contributed by atoms with Crippen LogP contribution in [0, 0.1) is 17.0 Å². The van der Waals surface area contributed by atoms with Crippen molar-refractivity contribution in [1.29, 1.82) is 0 Å². The van der Waals surface area contributed by atoms with Crippen molar-refractivity contribution in [3.05, 3.63) is 20.8 Å². The molecule has 0 atom stereocenters. The van der Waals surface area contributed by atoms with Crippen LogP contribution >= 0.6 is 24.2 Å². The summed E-state index contributed by atoms with van der Waals surface area (Å²) in [6, 6.07) is 0. The smallest absolute Gasteiger partial charge is 0.358 e. The van der Waals surface area contributed by atoms with Gasteiger partial charge in [-0.1, -0.05) is 11.6 Å². The number of rotatable bonds is 5. The van der Waals surface area contributed by atoms with Crippen LogP contribution < -0.4 is 5.32 Å². The highest BCUT2D eigenvalue weighted by atomic mass is 35.5. The van der Waals surface area contributed by atoms with Crippen LogP contribution in [0.4, 0.5) is 5.82 Å². The van der Waals surface area contributed by atoms with Crippen LogP contribution in [-0.4, -0.2) is 32.9 Å². The van der Waals surface area contributed by atoms with E-state index < -0.39 is 10.7 Å². The molecular weight excluding hydrogens is 268 g/mol. The van der Waals surface area contributed by atoms with E-state index in [-0.39, 0.29) is 17.5 Å². The normalized spacial score (nSPS) is 10.3. The first-order chi connectivity index (χ1) is 7.97. The number of thiol groups is 1. The Morgan fingerprint density at radius 2 is 2.35 bits per heavy atom. The molecule has 1 amide bonds. The van der Waals surface area contributed by atoms with Gasteiger partial charge in [-0.15, -0.1) is 0 Å². The lowest BCUT2D eigenvalue weighted by atomic mass is 10.4. The van der Waals surface area contributed by atoms with Crippen LogP contribution in [-0.2, 0) is 11.3 Å². The van der Waals surface area contributed by atoms with Crippen molar-refractivity contribution in [3.8, 4) is 0 Å². The van der Waals surface area contributed by atoms with Crippen molar-refractivity contribution in [3.63, 3.8) is 0 Å². The van der Waals surface area contributed by atoms with Crippen molar-refractivity contribution in [2.45, 2.75) is 13.5 Å². The third kappa shape index (κ3) is 3.34. The fourth-order valence-corrected chi connectivity index (χ4v) is 1.48. The number of halogens is 1. The maximum absolute atomic E-state index is 11.4. The van der Waals surface area contributed by atoms with Crippen LogP contribution in [0.1, 0.15) is 5.69 Å². The fourth-order valence-electron chi connectivity index (χ4n) is 1.17. The number of hydrogen-bond donors (Lipinski definition) is 2. The van der Waals surface area contributed by atoms with Crippen molar-refractivity contribution >= 4 is 36.0 Å². The Morgan fingerprint density at radius 3 is 2.82 bits per heavy atom. The summed E-state index contributed by atoms with van der Waals surface area (Å²) >= 11 is 9.67. The molecule has 1 N–H and O–H groups in total. The lowest BCUT2D eigenvalue weighted by molar-refractivity contribution is -0.389. The first kappa shape index (κ1) is 13.8. The summed E-state index contributed by atoms with van der Waals surface area (Å²) in [5, 5.41) is 16.8. The SMILES string of the molecule is Cc1c(Cl)c([N+](=O)[O-])nn1CC(=O)NCCS. The van der Waals surface area contributed by atoms with E-state index in [0.29, 0.717) is 18.0 Å². The second-order valence-electron chi connectivity index (χ2n) is 3.21. The van der Waals surface area contributed by atoms with E-state index in [1.807, 2.05) is 0 Å². The van der Waals surface area contributed by atoms with Gasteiger partial charge in [-0.25, -0.2) is 0 Å². The van der Waals surface area contributed by atoms with E-state index in [1.54, 1.807) is 6.92 Å². The molecule has 0 fully saturated rings. The number of aromatic nitrogens is 2. The highest BCUT2D eigenvalue weighted by molar-refractivity contribution is 7.80. The van der Waals surface area contributed by atoms with Crippen molar-refractivity contribution in [2.75, 3.05) is 12.3 Å². The minimum absolute atomic E-state index is 0.0444.